The highest BCUT2D eigenvalue weighted by Crippen LogP contribution is 2.25. The van der Waals surface area contributed by atoms with Crippen molar-refractivity contribution in [2.75, 3.05) is 7.11 Å². The third-order valence-electron chi connectivity index (χ3n) is 2.72. The average molecular weight is 262 g/mol. The first-order valence-electron chi connectivity index (χ1n) is 5.72. The zero-order chi connectivity index (χ0) is 13.8. The Balaban J connectivity index is 2.33. The molecule has 4 heteroatoms. The van der Waals surface area contributed by atoms with Crippen molar-refractivity contribution < 1.29 is 18.3 Å². The largest absolute Gasteiger partial charge is 0.493 e. The van der Waals surface area contributed by atoms with Crippen molar-refractivity contribution in [1.29, 1.82) is 0 Å². The minimum absolute atomic E-state index is 0.0695. The van der Waals surface area contributed by atoms with E-state index < -0.39 is 11.6 Å². The number of ether oxygens (including phenoxy) is 1. The molecule has 2 nitrogen and oxygen atoms in total. The van der Waals surface area contributed by atoms with Crippen molar-refractivity contribution >= 4 is 5.78 Å². The van der Waals surface area contributed by atoms with Gasteiger partial charge < -0.3 is 4.74 Å². The summed E-state index contributed by atoms with van der Waals surface area (Å²) in [6, 6.07) is 10.7. The molecule has 0 heterocycles. The summed E-state index contributed by atoms with van der Waals surface area (Å²) in [6.07, 6.45) is 0.0695. The smallest absolute Gasteiger partial charge is 0.171 e. The number of halogens is 2. The molecule has 98 valence electrons. The fraction of sp³-hybridized carbons (Fsp3) is 0.133. The first kappa shape index (κ1) is 13.2. The van der Waals surface area contributed by atoms with Crippen LogP contribution in [0.3, 0.4) is 0 Å². The Morgan fingerprint density at radius 3 is 2.47 bits per heavy atom. The number of carbonyl (C=O) groups is 1. The molecule has 0 N–H and O–H groups in total. The number of ketones is 1. The van der Waals surface area contributed by atoms with E-state index in [9.17, 15) is 13.6 Å². The number of hydrogen-bond donors (Lipinski definition) is 0. The summed E-state index contributed by atoms with van der Waals surface area (Å²) >= 11 is 0. The van der Waals surface area contributed by atoms with Gasteiger partial charge in [0.05, 0.1) is 12.7 Å². The van der Waals surface area contributed by atoms with Crippen molar-refractivity contribution in [2.45, 2.75) is 6.42 Å². The topological polar surface area (TPSA) is 26.3 Å². The molecule has 0 atom stereocenters. The summed E-state index contributed by atoms with van der Waals surface area (Å²) in [5.41, 5.74) is 0.697. The van der Waals surface area contributed by atoms with E-state index in [1.165, 1.54) is 7.11 Å². The zero-order valence-electron chi connectivity index (χ0n) is 10.3. The number of benzene rings is 2. The van der Waals surface area contributed by atoms with E-state index >= 15 is 0 Å². The van der Waals surface area contributed by atoms with Gasteiger partial charge in [-0.2, -0.15) is 0 Å². The number of hydrogen-bond acceptors (Lipinski definition) is 2. The second-order valence-electron chi connectivity index (χ2n) is 4.05. The fourth-order valence-electron chi connectivity index (χ4n) is 1.85. The monoisotopic (exact) mass is 262 g/mol. The molecule has 0 spiro atoms. The van der Waals surface area contributed by atoms with Gasteiger partial charge in [0.25, 0.3) is 0 Å². The highest BCUT2D eigenvalue weighted by molar-refractivity contribution is 6.00. The first-order valence-corrected chi connectivity index (χ1v) is 5.72. The molecule has 0 aliphatic heterocycles. The van der Waals surface area contributed by atoms with Crippen LogP contribution in [0.5, 0.6) is 5.75 Å². The van der Waals surface area contributed by atoms with Gasteiger partial charge in [-0.1, -0.05) is 30.3 Å². The highest BCUT2D eigenvalue weighted by Gasteiger charge is 2.18. The van der Waals surface area contributed by atoms with Gasteiger partial charge in [0.1, 0.15) is 5.82 Å². The lowest BCUT2D eigenvalue weighted by Gasteiger charge is -2.09. The van der Waals surface area contributed by atoms with Crippen LogP contribution in [0, 0.1) is 11.6 Å². The first-order chi connectivity index (χ1) is 9.11. The molecule has 0 bridgehead atoms. The Morgan fingerprint density at radius 1 is 1.16 bits per heavy atom. The molecule has 0 aliphatic rings. The molecule has 2 rings (SSSR count). The van der Waals surface area contributed by atoms with Gasteiger partial charge in [0.15, 0.2) is 17.3 Å². The summed E-state index contributed by atoms with van der Waals surface area (Å²) in [5.74, 6) is -2.28. The van der Waals surface area contributed by atoms with Gasteiger partial charge in [-0.3, -0.25) is 4.79 Å². The van der Waals surface area contributed by atoms with Gasteiger partial charge in [-0.15, -0.1) is 0 Å². The predicted octanol–water partition coefficient (Wildman–Crippen LogP) is 3.40. The van der Waals surface area contributed by atoms with Crippen LogP contribution >= 0.6 is 0 Å². The van der Waals surface area contributed by atoms with E-state index in [0.29, 0.717) is 6.07 Å². The lowest BCUT2D eigenvalue weighted by molar-refractivity contribution is 0.0988. The highest BCUT2D eigenvalue weighted by atomic mass is 19.1. The number of carbonyl (C=O) groups excluding carboxylic acids is 1. The van der Waals surface area contributed by atoms with Crippen molar-refractivity contribution in [3.8, 4) is 5.75 Å². The number of Topliss-reactive ketones (excluding diaryl/α,β-unsaturated/α-hetero) is 1. The Bertz CT molecular complexity index is 595. The lowest BCUT2D eigenvalue weighted by atomic mass is 10.0. The van der Waals surface area contributed by atoms with Crippen LogP contribution < -0.4 is 4.74 Å². The zero-order valence-corrected chi connectivity index (χ0v) is 10.3. The summed E-state index contributed by atoms with van der Waals surface area (Å²) in [4.78, 5) is 12.1. The molecule has 2 aromatic carbocycles. The number of rotatable bonds is 4. The fourth-order valence-corrected chi connectivity index (χ4v) is 1.85. The molecule has 0 unspecified atom stereocenters. The van der Waals surface area contributed by atoms with Crippen LogP contribution in [0.15, 0.2) is 42.5 Å². The van der Waals surface area contributed by atoms with Crippen molar-refractivity contribution in [2.24, 2.45) is 0 Å². The summed E-state index contributed by atoms with van der Waals surface area (Å²) in [5, 5.41) is 0. The molecule has 2 aromatic rings. The van der Waals surface area contributed by atoms with Crippen molar-refractivity contribution in [3.63, 3.8) is 0 Å². The Kier molecular flexibility index (Phi) is 3.90. The molecule has 0 amide bonds. The van der Waals surface area contributed by atoms with Crippen LogP contribution in [0.4, 0.5) is 8.78 Å². The predicted molar refractivity (Wildman–Crippen MR) is 67.4 cm³/mol. The Labute approximate surface area is 109 Å². The second kappa shape index (κ2) is 5.61. The van der Waals surface area contributed by atoms with Crippen LogP contribution in [0.25, 0.3) is 0 Å². The van der Waals surface area contributed by atoms with E-state index in [1.807, 2.05) is 6.07 Å². The summed E-state index contributed by atoms with van der Waals surface area (Å²) in [6.45, 7) is 0. The van der Waals surface area contributed by atoms with Crippen molar-refractivity contribution in [1.82, 2.24) is 0 Å². The molecule has 0 aliphatic carbocycles. The molecular weight excluding hydrogens is 250 g/mol. The van der Waals surface area contributed by atoms with Crippen LogP contribution in [-0.4, -0.2) is 12.9 Å². The molecule has 0 saturated carbocycles. The number of methoxy groups -OCH3 is 1. The normalized spacial score (nSPS) is 10.3. The Hall–Kier alpha value is -2.23. The molecule has 0 saturated heterocycles. The van der Waals surface area contributed by atoms with Gasteiger partial charge in [-0.05, 0) is 11.6 Å². The lowest BCUT2D eigenvalue weighted by Crippen LogP contribution is -2.08. The molecular formula is C15H12F2O2. The molecule has 19 heavy (non-hydrogen) atoms. The summed E-state index contributed by atoms with van der Waals surface area (Å²) in [7, 11) is 1.25. The maximum absolute atomic E-state index is 13.5. The van der Waals surface area contributed by atoms with Crippen LogP contribution in [0.1, 0.15) is 15.9 Å². The SMILES string of the molecule is COc1c(F)cc(F)cc1C(=O)Cc1ccccc1. The average Bonchev–Trinajstić information content (AvgIpc) is 2.39. The summed E-state index contributed by atoms with van der Waals surface area (Å²) < 4.78 is 31.5. The van der Waals surface area contributed by atoms with E-state index in [-0.39, 0.29) is 23.5 Å². The second-order valence-corrected chi connectivity index (χ2v) is 4.05. The van der Waals surface area contributed by atoms with E-state index in [0.717, 1.165) is 11.6 Å². The molecule has 0 aromatic heterocycles. The molecule has 0 fully saturated rings. The van der Waals surface area contributed by atoms with Gasteiger partial charge in [0, 0.05) is 12.5 Å². The minimum atomic E-state index is -0.876. The molecule has 0 radical (unpaired) electrons. The minimum Gasteiger partial charge on any atom is -0.493 e. The maximum Gasteiger partial charge on any atom is 0.171 e. The van der Waals surface area contributed by atoms with E-state index in [1.54, 1.807) is 24.3 Å². The van der Waals surface area contributed by atoms with E-state index in [2.05, 4.69) is 0 Å². The van der Waals surface area contributed by atoms with Gasteiger partial charge in [-0.25, -0.2) is 8.78 Å². The van der Waals surface area contributed by atoms with Gasteiger partial charge >= 0.3 is 0 Å². The third kappa shape index (κ3) is 2.96. The van der Waals surface area contributed by atoms with Crippen molar-refractivity contribution in [3.05, 3.63) is 65.2 Å². The third-order valence-corrected chi connectivity index (χ3v) is 2.72. The standard InChI is InChI=1S/C15H12F2O2/c1-19-15-12(8-11(16)9-13(15)17)14(18)7-10-5-3-2-4-6-10/h2-6,8-9H,7H2,1H3. The Morgan fingerprint density at radius 2 is 1.84 bits per heavy atom. The van der Waals surface area contributed by atoms with E-state index in [4.69, 9.17) is 4.74 Å². The maximum atomic E-state index is 13.5. The quantitative estimate of drug-likeness (QED) is 0.789. The van der Waals surface area contributed by atoms with Crippen LogP contribution in [0.2, 0.25) is 0 Å². The van der Waals surface area contributed by atoms with Gasteiger partial charge in [0.2, 0.25) is 0 Å². The van der Waals surface area contributed by atoms with Crippen LogP contribution in [-0.2, 0) is 6.42 Å².